The average molecular weight is 197 g/mol. The number of ether oxygens (including phenoxy) is 1. The minimum Gasteiger partial charge on any atom is -0.360 e. The van der Waals surface area contributed by atoms with Crippen LogP contribution in [-0.4, -0.2) is 45.1 Å². The van der Waals surface area contributed by atoms with Crippen LogP contribution in [0.15, 0.2) is 0 Å². The highest BCUT2D eigenvalue weighted by Crippen LogP contribution is 2.30. The first kappa shape index (κ1) is 9.09. The highest BCUT2D eigenvalue weighted by atomic mass is 16.5. The Hall–Kier alpha value is -0.160. The minimum atomic E-state index is 0.267. The Bertz CT molecular complexity index is 206. The van der Waals surface area contributed by atoms with Crippen LogP contribution in [0.25, 0.3) is 0 Å². The fourth-order valence-electron chi connectivity index (χ4n) is 3.09. The van der Waals surface area contributed by atoms with Crippen molar-refractivity contribution >= 4 is 0 Å². The molecule has 0 aromatic heterocycles. The lowest BCUT2D eigenvalue weighted by atomic mass is 9.84. The second-order valence-corrected chi connectivity index (χ2v) is 4.60. The van der Waals surface area contributed by atoms with Crippen molar-refractivity contribution in [3.05, 3.63) is 0 Å². The summed E-state index contributed by atoms with van der Waals surface area (Å²) >= 11 is 0. The lowest BCUT2D eigenvalue weighted by Crippen LogP contribution is -2.47. The first-order valence-electron chi connectivity index (χ1n) is 5.74. The van der Waals surface area contributed by atoms with E-state index in [0.29, 0.717) is 6.04 Å². The molecule has 14 heavy (non-hydrogen) atoms. The molecule has 0 aromatic rings. The molecule has 0 saturated carbocycles. The highest BCUT2D eigenvalue weighted by molar-refractivity contribution is 4.97. The van der Waals surface area contributed by atoms with Crippen molar-refractivity contribution < 1.29 is 4.74 Å². The zero-order chi connectivity index (χ0) is 9.38. The third-order valence-electron chi connectivity index (χ3n) is 3.81. The summed E-state index contributed by atoms with van der Waals surface area (Å²) in [6, 6.07) is 0.546. The Kier molecular flexibility index (Phi) is 2.45. The Balaban J connectivity index is 1.68. The van der Waals surface area contributed by atoms with Crippen LogP contribution in [0.2, 0.25) is 0 Å². The fourth-order valence-corrected chi connectivity index (χ4v) is 3.09. The smallest absolute Gasteiger partial charge is 0.124 e. The lowest BCUT2D eigenvalue weighted by Gasteiger charge is -2.31. The number of fused-ring (bicyclic) bond motifs is 1. The zero-order valence-electron chi connectivity index (χ0n) is 8.46. The van der Waals surface area contributed by atoms with Crippen LogP contribution in [-0.2, 0) is 4.74 Å². The number of hydrogen-bond acceptors (Lipinski definition) is 4. The summed E-state index contributed by atoms with van der Waals surface area (Å²) in [5.41, 5.74) is 0. The monoisotopic (exact) mass is 197 g/mol. The topological polar surface area (TPSA) is 45.3 Å². The molecule has 3 fully saturated rings. The van der Waals surface area contributed by atoms with Crippen LogP contribution in [0.3, 0.4) is 0 Å². The van der Waals surface area contributed by atoms with E-state index in [4.69, 9.17) is 4.74 Å². The summed E-state index contributed by atoms with van der Waals surface area (Å²) < 4.78 is 5.69. The van der Waals surface area contributed by atoms with Gasteiger partial charge in [-0.15, -0.1) is 0 Å². The third kappa shape index (κ3) is 1.46. The van der Waals surface area contributed by atoms with Gasteiger partial charge in [0.05, 0.1) is 6.61 Å². The molecule has 4 unspecified atom stereocenters. The lowest BCUT2D eigenvalue weighted by molar-refractivity contribution is 0.0524. The summed E-state index contributed by atoms with van der Waals surface area (Å²) in [4.78, 5) is 0. The molecule has 0 bridgehead atoms. The molecule has 0 aliphatic carbocycles. The van der Waals surface area contributed by atoms with E-state index in [1.165, 1.54) is 19.5 Å². The van der Waals surface area contributed by atoms with E-state index in [9.17, 15) is 0 Å². The van der Waals surface area contributed by atoms with Crippen molar-refractivity contribution in [2.75, 3.05) is 32.8 Å². The summed E-state index contributed by atoms with van der Waals surface area (Å²) in [6.45, 7) is 5.40. The van der Waals surface area contributed by atoms with E-state index in [1.54, 1.807) is 0 Å². The largest absolute Gasteiger partial charge is 0.360 e. The maximum absolute atomic E-state index is 5.69. The second kappa shape index (κ2) is 3.77. The average Bonchev–Trinajstić information content (AvgIpc) is 2.85. The Morgan fingerprint density at radius 1 is 1.07 bits per heavy atom. The van der Waals surface area contributed by atoms with Crippen LogP contribution >= 0.6 is 0 Å². The highest BCUT2D eigenvalue weighted by Gasteiger charge is 2.42. The maximum atomic E-state index is 5.69. The molecule has 0 aromatic carbocycles. The van der Waals surface area contributed by atoms with Gasteiger partial charge in [-0.3, -0.25) is 5.32 Å². The number of piperidine rings is 1. The van der Waals surface area contributed by atoms with Crippen molar-refractivity contribution in [1.82, 2.24) is 16.0 Å². The van der Waals surface area contributed by atoms with Gasteiger partial charge in [-0.05, 0) is 37.9 Å². The second-order valence-electron chi connectivity index (χ2n) is 4.60. The molecule has 3 aliphatic rings. The maximum Gasteiger partial charge on any atom is 0.124 e. The minimum absolute atomic E-state index is 0.267. The molecule has 4 nitrogen and oxygen atoms in total. The van der Waals surface area contributed by atoms with E-state index in [-0.39, 0.29) is 6.23 Å². The number of hydrogen-bond donors (Lipinski definition) is 3. The molecular weight excluding hydrogens is 178 g/mol. The van der Waals surface area contributed by atoms with Gasteiger partial charge in [-0.25, -0.2) is 0 Å². The van der Waals surface area contributed by atoms with E-state index < -0.39 is 0 Å². The molecule has 3 N–H and O–H groups in total. The van der Waals surface area contributed by atoms with Crippen molar-refractivity contribution in [3.63, 3.8) is 0 Å². The van der Waals surface area contributed by atoms with Gasteiger partial charge in [0.15, 0.2) is 0 Å². The van der Waals surface area contributed by atoms with Gasteiger partial charge in [0.25, 0.3) is 0 Å². The van der Waals surface area contributed by atoms with Gasteiger partial charge in [-0.2, -0.15) is 0 Å². The summed E-state index contributed by atoms with van der Waals surface area (Å²) in [6.07, 6.45) is 1.56. The Morgan fingerprint density at radius 2 is 2.07 bits per heavy atom. The molecule has 3 aliphatic heterocycles. The third-order valence-corrected chi connectivity index (χ3v) is 3.81. The first-order valence-corrected chi connectivity index (χ1v) is 5.74. The predicted octanol–water partition coefficient (Wildman–Crippen LogP) is -0.870. The van der Waals surface area contributed by atoms with Crippen LogP contribution in [0.1, 0.15) is 6.42 Å². The van der Waals surface area contributed by atoms with Gasteiger partial charge in [-0.1, -0.05) is 0 Å². The first-order chi connectivity index (χ1) is 6.95. The quantitative estimate of drug-likeness (QED) is 0.511. The van der Waals surface area contributed by atoms with E-state index in [0.717, 1.165) is 31.5 Å². The van der Waals surface area contributed by atoms with Gasteiger partial charge >= 0.3 is 0 Å². The van der Waals surface area contributed by atoms with E-state index >= 15 is 0 Å². The molecule has 4 atom stereocenters. The summed E-state index contributed by atoms with van der Waals surface area (Å²) in [7, 11) is 0. The number of rotatable bonds is 1. The fraction of sp³-hybridized carbons (Fsp3) is 1.00. The number of nitrogens with one attached hydrogen (secondary N) is 3. The van der Waals surface area contributed by atoms with Gasteiger partial charge < -0.3 is 15.4 Å². The van der Waals surface area contributed by atoms with E-state index in [1.807, 2.05) is 0 Å². The predicted molar refractivity (Wildman–Crippen MR) is 54.0 cm³/mol. The SMILES string of the molecule is C1CC2C(CN1)CNC2C1NCCO1. The van der Waals surface area contributed by atoms with Crippen molar-refractivity contribution in [1.29, 1.82) is 0 Å². The van der Waals surface area contributed by atoms with Gasteiger partial charge in [0.1, 0.15) is 6.23 Å². The van der Waals surface area contributed by atoms with Gasteiger partial charge in [0.2, 0.25) is 0 Å². The van der Waals surface area contributed by atoms with Crippen LogP contribution in [0, 0.1) is 11.8 Å². The Labute approximate surface area is 84.8 Å². The summed E-state index contributed by atoms with van der Waals surface area (Å²) in [5.74, 6) is 1.63. The van der Waals surface area contributed by atoms with E-state index in [2.05, 4.69) is 16.0 Å². The molecule has 0 radical (unpaired) electrons. The Morgan fingerprint density at radius 3 is 2.93 bits per heavy atom. The zero-order valence-corrected chi connectivity index (χ0v) is 8.46. The normalized spacial score (nSPS) is 48.0. The van der Waals surface area contributed by atoms with Crippen molar-refractivity contribution in [2.24, 2.45) is 11.8 Å². The van der Waals surface area contributed by atoms with Gasteiger partial charge in [0, 0.05) is 12.6 Å². The molecule has 3 heterocycles. The van der Waals surface area contributed by atoms with Crippen molar-refractivity contribution in [2.45, 2.75) is 18.7 Å². The van der Waals surface area contributed by atoms with Crippen LogP contribution in [0.5, 0.6) is 0 Å². The van der Waals surface area contributed by atoms with Crippen LogP contribution in [0.4, 0.5) is 0 Å². The standard InChI is InChI=1S/C10H19N3O/c1-2-11-5-7-6-13-9(8(1)7)10-12-3-4-14-10/h7-13H,1-6H2. The molecule has 0 amide bonds. The molecule has 0 spiro atoms. The van der Waals surface area contributed by atoms with Crippen molar-refractivity contribution in [3.8, 4) is 0 Å². The summed E-state index contributed by atoms with van der Waals surface area (Å²) in [5, 5.41) is 10.5. The molecule has 3 rings (SSSR count). The molecule has 80 valence electrons. The molecular formula is C10H19N3O. The van der Waals surface area contributed by atoms with Crippen LogP contribution < -0.4 is 16.0 Å². The molecule has 3 saturated heterocycles. The molecule has 4 heteroatoms.